The summed E-state index contributed by atoms with van der Waals surface area (Å²) in [7, 11) is 0. The van der Waals surface area contributed by atoms with Crippen LogP contribution < -0.4 is 11.1 Å². The first-order chi connectivity index (χ1) is 15.4. The number of anilines is 2. The molecule has 2 aromatic rings. The minimum absolute atomic E-state index is 0.0411. The van der Waals surface area contributed by atoms with E-state index in [0.717, 1.165) is 72.4 Å². The van der Waals surface area contributed by atoms with Gasteiger partial charge >= 0.3 is 0 Å². The van der Waals surface area contributed by atoms with Crippen molar-refractivity contribution in [1.82, 2.24) is 4.90 Å². The number of thiophene rings is 1. The van der Waals surface area contributed by atoms with E-state index < -0.39 is 0 Å². The van der Waals surface area contributed by atoms with Crippen LogP contribution in [0.2, 0.25) is 10.0 Å². The Morgan fingerprint density at radius 1 is 1.25 bits per heavy atom. The van der Waals surface area contributed by atoms with E-state index >= 15 is 0 Å². The van der Waals surface area contributed by atoms with E-state index in [0.29, 0.717) is 11.1 Å². The number of benzene rings is 1. The number of carbonyl (C=O) groups excluding carboxylic acids is 1. The number of nitrogens with two attached hydrogens (primary N) is 1. The van der Waals surface area contributed by atoms with E-state index in [9.17, 15) is 4.79 Å². The smallest absolute Gasteiger partial charge is 0.228 e. The van der Waals surface area contributed by atoms with Crippen LogP contribution in [0.25, 0.3) is 0 Å². The normalized spacial score (nSPS) is 18.2. The standard InChI is InChI=1S/C25H33Cl2N3OS/c1-3-16(4-2)24(31)29-25-23(28)20-10-9-19(12-22(20)32-25)30(13-15-5-6-15)14-17-7-8-18(26)11-21(17)27/h7-8,11,15-16,19H,3-6,9-10,12-14,28H2,1-2H3,(H,29,31). The third-order valence-corrected chi connectivity index (χ3v) is 8.74. The largest absolute Gasteiger partial charge is 0.396 e. The number of nitrogen functional groups attached to an aromatic ring is 1. The first-order valence-corrected chi connectivity index (χ1v) is 13.4. The summed E-state index contributed by atoms with van der Waals surface area (Å²) in [6.07, 6.45) is 7.34. The van der Waals surface area contributed by atoms with Gasteiger partial charge in [0.2, 0.25) is 5.91 Å². The molecule has 1 aromatic heterocycles. The summed E-state index contributed by atoms with van der Waals surface area (Å²) in [6.45, 7) is 6.06. The van der Waals surface area contributed by atoms with Gasteiger partial charge in [0.15, 0.2) is 0 Å². The lowest BCUT2D eigenvalue weighted by Crippen LogP contribution is -2.40. The lowest BCUT2D eigenvalue weighted by Gasteiger charge is -2.34. The number of hydrogen-bond donors (Lipinski definition) is 2. The SMILES string of the molecule is CCC(CC)C(=O)Nc1sc2c(c1N)CCC(N(Cc1ccc(Cl)cc1Cl)CC1CC1)C2. The average Bonchev–Trinajstić information content (AvgIpc) is 3.53. The van der Waals surface area contributed by atoms with Crippen LogP contribution >= 0.6 is 34.5 Å². The second-order valence-corrected chi connectivity index (χ2v) is 11.2. The first-order valence-electron chi connectivity index (χ1n) is 11.8. The zero-order valence-corrected chi connectivity index (χ0v) is 21.3. The van der Waals surface area contributed by atoms with Gasteiger partial charge in [0, 0.05) is 40.0 Å². The number of rotatable bonds is 9. The molecule has 2 aliphatic rings. The van der Waals surface area contributed by atoms with Crippen LogP contribution in [0.15, 0.2) is 18.2 Å². The van der Waals surface area contributed by atoms with Crippen molar-refractivity contribution in [3.63, 3.8) is 0 Å². The molecule has 1 amide bonds. The summed E-state index contributed by atoms with van der Waals surface area (Å²) in [5.41, 5.74) is 9.62. The minimum Gasteiger partial charge on any atom is -0.396 e. The van der Waals surface area contributed by atoms with E-state index in [1.54, 1.807) is 11.3 Å². The molecule has 174 valence electrons. The molecule has 7 heteroatoms. The van der Waals surface area contributed by atoms with Crippen molar-refractivity contribution in [3.8, 4) is 0 Å². The number of fused-ring (bicyclic) bond motifs is 1. The molecule has 1 aromatic carbocycles. The molecule has 0 bridgehead atoms. The van der Waals surface area contributed by atoms with E-state index in [2.05, 4.69) is 24.1 Å². The second kappa shape index (κ2) is 10.3. The Morgan fingerprint density at radius 3 is 2.66 bits per heavy atom. The van der Waals surface area contributed by atoms with Gasteiger partial charge in [-0.25, -0.2) is 0 Å². The Hall–Kier alpha value is -1.27. The number of carbonyl (C=O) groups is 1. The lowest BCUT2D eigenvalue weighted by atomic mass is 9.92. The molecule has 1 heterocycles. The fourth-order valence-corrected chi connectivity index (χ4v) is 6.42. The predicted molar refractivity (Wildman–Crippen MR) is 137 cm³/mol. The van der Waals surface area contributed by atoms with Gasteiger partial charge in [-0.2, -0.15) is 0 Å². The Kier molecular flexibility index (Phi) is 7.71. The maximum Gasteiger partial charge on any atom is 0.228 e. The van der Waals surface area contributed by atoms with Gasteiger partial charge in [-0.05, 0) is 74.1 Å². The highest BCUT2D eigenvalue weighted by Gasteiger charge is 2.33. The number of halogens is 2. The maximum atomic E-state index is 12.6. The van der Waals surface area contributed by atoms with Crippen LogP contribution in [0.5, 0.6) is 0 Å². The van der Waals surface area contributed by atoms with Crippen molar-refractivity contribution < 1.29 is 4.79 Å². The average molecular weight is 495 g/mol. The highest BCUT2D eigenvalue weighted by atomic mass is 35.5. The van der Waals surface area contributed by atoms with Crippen LogP contribution in [0.4, 0.5) is 10.7 Å². The molecule has 1 atom stereocenters. The predicted octanol–water partition coefficient (Wildman–Crippen LogP) is 6.78. The molecule has 1 fully saturated rings. The Morgan fingerprint density at radius 2 is 2.00 bits per heavy atom. The number of nitrogens with zero attached hydrogens (tertiary/aromatic N) is 1. The van der Waals surface area contributed by atoms with Crippen molar-refractivity contribution in [3.05, 3.63) is 44.2 Å². The van der Waals surface area contributed by atoms with E-state index in [-0.39, 0.29) is 11.8 Å². The topological polar surface area (TPSA) is 58.4 Å². The number of hydrogen-bond acceptors (Lipinski definition) is 4. The van der Waals surface area contributed by atoms with Crippen molar-refractivity contribution >= 4 is 51.1 Å². The lowest BCUT2D eigenvalue weighted by molar-refractivity contribution is -0.120. The molecule has 32 heavy (non-hydrogen) atoms. The molecule has 0 spiro atoms. The molecule has 0 radical (unpaired) electrons. The highest BCUT2D eigenvalue weighted by molar-refractivity contribution is 7.17. The summed E-state index contributed by atoms with van der Waals surface area (Å²) in [4.78, 5) is 16.5. The maximum absolute atomic E-state index is 12.6. The Labute approximate surface area is 205 Å². The zero-order chi connectivity index (χ0) is 22.8. The molecule has 1 saturated carbocycles. The van der Waals surface area contributed by atoms with Crippen LogP contribution in [-0.2, 0) is 24.2 Å². The van der Waals surface area contributed by atoms with Gasteiger partial charge < -0.3 is 11.1 Å². The van der Waals surface area contributed by atoms with E-state index in [1.165, 1.54) is 23.3 Å². The van der Waals surface area contributed by atoms with Gasteiger partial charge in [0.1, 0.15) is 5.00 Å². The van der Waals surface area contributed by atoms with Crippen molar-refractivity contribution in [2.75, 3.05) is 17.6 Å². The Balaban J connectivity index is 1.50. The minimum atomic E-state index is 0.0411. The molecular weight excluding hydrogens is 461 g/mol. The number of amides is 1. The van der Waals surface area contributed by atoms with Crippen molar-refractivity contribution in [1.29, 1.82) is 0 Å². The summed E-state index contributed by atoms with van der Waals surface area (Å²) >= 11 is 14.3. The van der Waals surface area contributed by atoms with Crippen LogP contribution in [0.1, 0.15) is 62.0 Å². The van der Waals surface area contributed by atoms with Crippen molar-refractivity contribution in [2.45, 2.75) is 71.4 Å². The fourth-order valence-electron chi connectivity index (χ4n) is 4.71. The molecule has 0 saturated heterocycles. The Bertz CT molecular complexity index is 968. The van der Waals surface area contributed by atoms with Crippen LogP contribution in [0, 0.1) is 11.8 Å². The second-order valence-electron chi connectivity index (χ2n) is 9.25. The van der Waals surface area contributed by atoms with Gasteiger partial charge in [0.05, 0.1) is 5.69 Å². The van der Waals surface area contributed by atoms with Gasteiger partial charge in [-0.3, -0.25) is 9.69 Å². The summed E-state index contributed by atoms with van der Waals surface area (Å²) in [6, 6.07) is 6.26. The molecule has 2 aliphatic carbocycles. The monoisotopic (exact) mass is 493 g/mol. The van der Waals surface area contributed by atoms with Gasteiger partial charge in [-0.1, -0.05) is 43.1 Å². The van der Waals surface area contributed by atoms with Crippen LogP contribution in [-0.4, -0.2) is 23.4 Å². The molecule has 0 aliphatic heterocycles. The third-order valence-electron chi connectivity index (χ3n) is 6.97. The van der Waals surface area contributed by atoms with Gasteiger partial charge in [-0.15, -0.1) is 11.3 Å². The molecular formula is C25H33Cl2N3OS. The zero-order valence-electron chi connectivity index (χ0n) is 18.9. The van der Waals surface area contributed by atoms with E-state index in [1.807, 2.05) is 18.2 Å². The highest BCUT2D eigenvalue weighted by Crippen LogP contribution is 2.42. The van der Waals surface area contributed by atoms with Crippen LogP contribution in [0.3, 0.4) is 0 Å². The molecule has 1 unspecified atom stereocenters. The molecule has 3 N–H and O–H groups in total. The summed E-state index contributed by atoms with van der Waals surface area (Å²) < 4.78 is 0. The van der Waals surface area contributed by atoms with Gasteiger partial charge in [0.25, 0.3) is 0 Å². The molecule has 4 nitrogen and oxygen atoms in total. The van der Waals surface area contributed by atoms with E-state index in [4.69, 9.17) is 28.9 Å². The van der Waals surface area contributed by atoms with Crippen molar-refractivity contribution in [2.24, 2.45) is 11.8 Å². The summed E-state index contributed by atoms with van der Waals surface area (Å²) in [5, 5.41) is 5.37. The first kappa shape index (κ1) is 23.9. The third kappa shape index (κ3) is 5.44. The quantitative estimate of drug-likeness (QED) is 0.404. The molecule has 4 rings (SSSR count). The summed E-state index contributed by atoms with van der Waals surface area (Å²) in [5.74, 6) is 0.926. The fraction of sp³-hybridized carbons (Fsp3) is 0.560. The number of nitrogens with one attached hydrogen (secondary N) is 1.